The highest BCUT2D eigenvalue weighted by molar-refractivity contribution is 5.67. The van der Waals surface area contributed by atoms with Gasteiger partial charge in [0.15, 0.2) is 5.60 Å². The third-order valence-corrected chi connectivity index (χ3v) is 12.2. The highest BCUT2D eigenvalue weighted by atomic mass is 16.7. The van der Waals surface area contributed by atoms with Crippen molar-refractivity contribution in [2.75, 3.05) is 41.2 Å². The number of methoxy groups -OCH3 is 3. The number of aliphatic hydroxyl groups is 1. The fraction of sp³-hybridized carbons (Fsp3) is 0.963. The zero-order chi connectivity index (χ0) is 25.5. The highest BCUT2D eigenvalue weighted by Gasteiger charge is 2.97. The van der Waals surface area contributed by atoms with E-state index in [0.717, 1.165) is 25.9 Å². The molecule has 0 radical (unpaired) electrons. The fourth-order valence-electron chi connectivity index (χ4n) is 11.7. The first-order valence-electron chi connectivity index (χ1n) is 13.7. The van der Waals surface area contributed by atoms with Gasteiger partial charge in [-0.05, 0) is 31.2 Å². The lowest BCUT2D eigenvalue weighted by atomic mass is 9.41. The van der Waals surface area contributed by atoms with Crippen LogP contribution in [0.2, 0.25) is 0 Å². The summed E-state index contributed by atoms with van der Waals surface area (Å²) in [6, 6.07) is -0.224. The monoisotopic (exact) mass is 507 g/mol. The predicted octanol–water partition coefficient (Wildman–Crippen LogP) is 1.35. The Balaban J connectivity index is 1.61. The lowest BCUT2D eigenvalue weighted by molar-refractivity contribution is -0.332. The van der Waals surface area contributed by atoms with E-state index in [9.17, 15) is 9.90 Å². The molecule has 0 aromatic heterocycles. The summed E-state index contributed by atoms with van der Waals surface area (Å²) in [6.07, 6.45) is 1.69. The average molecular weight is 508 g/mol. The van der Waals surface area contributed by atoms with E-state index < -0.39 is 28.3 Å². The van der Waals surface area contributed by atoms with Gasteiger partial charge in [-0.15, -0.1) is 0 Å². The van der Waals surface area contributed by atoms with Crippen molar-refractivity contribution in [1.29, 1.82) is 0 Å². The molecule has 9 nitrogen and oxygen atoms in total. The Labute approximate surface area is 213 Å². The van der Waals surface area contributed by atoms with E-state index in [1.165, 1.54) is 6.92 Å². The van der Waals surface area contributed by atoms with Crippen LogP contribution in [0, 0.1) is 28.6 Å². The molecular formula is C27H41NO8. The molecule has 5 aliphatic carbocycles. The number of hydrogen-bond donors (Lipinski definition) is 1. The Morgan fingerprint density at radius 3 is 2.53 bits per heavy atom. The van der Waals surface area contributed by atoms with E-state index in [2.05, 4.69) is 18.7 Å². The number of nitrogens with zero attached hydrogens (tertiary/aromatic N) is 1. The number of ether oxygens (including phenoxy) is 6. The van der Waals surface area contributed by atoms with Crippen molar-refractivity contribution in [3.63, 3.8) is 0 Å². The lowest BCUT2D eigenvalue weighted by Crippen LogP contribution is -2.85. The van der Waals surface area contributed by atoms with Crippen LogP contribution in [0.1, 0.15) is 46.5 Å². The number of carbonyl (C=O) groups excluding carboxylic acids is 1. The maximum atomic E-state index is 13.4. The van der Waals surface area contributed by atoms with Crippen LogP contribution in [0.25, 0.3) is 0 Å². The largest absolute Gasteiger partial charge is 0.459 e. The summed E-state index contributed by atoms with van der Waals surface area (Å²) < 4.78 is 38.7. The SMILES string of the molecule is CCN1CC2(C)CCC(OC)C34C2C(OC(C)=O)C2(OCOC25CC(OC)C2CC3(O)C5C2OC)C14. The van der Waals surface area contributed by atoms with Gasteiger partial charge in [-0.2, -0.15) is 0 Å². The van der Waals surface area contributed by atoms with Crippen LogP contribution >= 0.6 is 0 Å². The Morgan fingerprint density at radius 1 is 1.11 bits per heavy atom. The van der Waals surface area contributed by atoms with E-state index in [1.807, 2.05) is 0 Å². The van der Waals surface area contributed by atoms with Crippen LogP contribution in [-0.2, 0) is 33.2 Å². The van der Waals surface area contributed by atoms with Gasteiger partial charge in [0.25, 0.3) is 0 Å². The van der Waals surface area contributed by atoms with Crippen molar-refractivity contribution in [3.8, 4) is 0 Å². The van der Waals surface area contributed by atoms with Crippen LogP contribution in [0.3, 0.4) is 0 Å². The van der Waals surface area contributed by atoms with Gasteiger partial charge in [0.05, 0.1) is 35.4 Å². The maximum absolute atomic E-state index is 13.4. The zero-order valence-electron chi connectivity index (χ0n) is 22.3. The van der Waals surface area contributed by atoms with Gasteiger partial charge in [-0.3, -0.25) is 9.69 Å². The minimum absolute atomic E-state index is 0.0317. The molecule has 13 atom stereocenters. The number of hydrogen-bond acceptors (Lipinski definition) is 9. The van der Waals surface area contributed by atoms with Gasteiger partial charge >= 0.3 is 5.97 Å². The molecule has 0 aromatic rings. The maximum Gasteiger partial charge on any atom is 0.303 e. The van der Waals surface area contributed by atoms with Gasteiger partial charge < -0.3 is 33.5 Å². The third-order valence-electron chi connectivity index (χ3n) is 12.2. The molecule has 2 saturated heterocycles. The summed E-state index contributed by atoms with van der Waals surface area (Å²) in [5.74, 6) is -0.771. The van der Waals surface area contributed by atoms with E-state index in [4.69, 9.17) is 28.4 Å². The molecule has 5 saturated carbocycles. The molecule has 7 fully saturated rings. The number of piperidine rings is 1. The smallest absolute Gasteiger partial charge is 0.303 e. The zero-order valence-corrected chi connectivity index (χ0v) is 22.3. The summed E-state index contributed by atoms with van der Waals surface area (Å²) in [7, 11) is 5.23. The molecule has 7 bridgehead atoms. The minimum Gasteiger partial charge on any atom is -0.459 e. The van der Waals surface area contributed by atoms with Crippen molar-refractivity contribution in [2.45, 2.75) is 93.7 Å². The minimum atomic E-state index is -1.16. The molecule has 0 aromatic carbocycles. The van der Waals surface area contributed by atoms with Gasteiger partial charge in [-0.1, -0.05) is 13.8 Å². The van der Waals surface area contributed by atoms with Crippen molar-refractivity contribution < 1.29 is 38.3 Å². The Bertz CT molecular complexity index is 979. The summed E-state index contributed by atoms with van der Waals surface area (Å²) in [5.41, 5.74) is -3.94. The van der Waals surface area contributed by atoms with Crippen LogP contribution in [0.4, 0.5) is 0 Å². The summed E-state index contributed by atoms with van der Waals surface area (Å²) in [6.45, 7) is 7.72. The molecule has 7 rings (SSSR count). The van der Waals surface area contributed by atoms with Crippen LogP contribution < -0.4 is 0 Å². The molecule has 2 aliphatic heterocycles. The molecule has 36 heavy (non-hydrogen) atoms. The van der Waals surface area contributed by atoms with Gasteiger partial charge in [0.2, 0.25) is 0 Å². The predicted molar refractivity (Wildman–Crippen MR) is 126 cm³/mol. The highest BCUT2D eigenvalue weighted by Crippen LogP contribution is 2.83. The second-order valence-electron chi connectivity index (χ2n) is 12.9. The number of carbonyl (C=O) groups is 1. The molecule has 202 valence electrons. The van der Waals surface area contributed by atoms with Crippen LogP contribution in [-0.4, -0.2) is 104 Å². The molecule has 13 unspecified atom stereocenters. The normalized spacial score (nSPS) is 60.2. The molecular weight excluding hydrogens is 466 g/mol. The number of likely N-dealkylation sites (tertiary alicyclic amines) is 1. The van der Waals surface area contributed by atoms with Crippen molar-refractivity contribution >= 4 is 5.97 Å². The second-order valence-corrected chi connectivity index (χ2v) is 12.9. The molecule has 3 spiro atoms. The summed E-state index contributed by atoms with van der Waals surface area (Å²) in [4.78, 5) is 15.3. The number of fused-ring (bicyclic) bond motifs is 1. The van der Waals surface area contributed by atoms with Gasteiger partial charge in [0.1, 0.15) is 18.5 Å². The third kappa shape index (κ3) is 2.16. The summed E-state index contributed by atoms with van der Waals surface area (Å²) >= 11 is 0. The lowest BCUT2D eigenvalue weighted by Gasteiger charge is -2.71. The first-order chi connectivity index (χ1) is 17.2. The molecule has 1 N–H and O–H groups in total. The number of esters is 1. The van der Waals surface area contributed by atoms with Crippen molar-refractivity contribution in [1.82, 2.24) is 4.90 Å². The van der Waals surface area contributed by atoms with E-state index in [-0.39, 0.29) is 60.3 Å². The summed E-state index contributed by atoms with van der Waals surface area (Å²) in [5, 5.41) is 13.4. The molecule has 9 heteroatoms. The standard InChI is InChI=1S/C27H41NO8/c1-7-28-12-23(3)9-8-17(32-5)26-20(23)21(36-14(2)29)27(22(26)28)25(34-13-35-27)11-16(31-4)15-10-24(26,30)19(25)18(15)33-6/h15-22,30H,7-13H2,1-6H3. The fourth-order valence-corrected chi connectivity index (χ4v) is 11.7. The van der Waals surface area contributed by atoms with Gasteiger partial charge in [0, 0.05) is 59.0 Å². The van der Waals surface area contributed by atoms with E-state index in [1.54, 1.807) is 21.3 Å². The Morgan fingerprint density at radius 2 is 1.89 bits per heavy atom. The van der Waals surface area contributed by atoms with Crippen molar-refractivity contribution in [3.05, 3.63) is 0 Å². The Kier molecular flexibility index (Phi) is 4.87. The topological polar surface area (TPSA) is 95.9 Å². The first-order valence-corrected chi connectivity index (χ1v) is 13.7. The van der Waals surface area contributed by atoms with Gasteiger partial charge in [-0.25, -0.2) is 0 Å². The van der Waals surface area contributed by atoms with Crippen molar-refractivity contribution in [2.24, 2.45) is 28.6 Å². The molecule has 0 amide bonds. The number of likely N-dealkylation sites (N-methyl/N-ethyl adjacent to an activating group) is 1. The average Bonchev–Trinajstić information content (AvgIpc) is 3.40. The molecule has 7 aliphatic rings. The van der Waals surface area contributed by atoms with Crippen LogP contribution in [0.15, 0.2) is 0 Å². The quantitative estimate of drug-likeness (QED) is 0.553. The van der Waals surface area contributed by atoms with E-state index in [0.29, 0.717) is 12.8 Å². The van der Waals surface area contributed by atoms with Crippen LogP contribution in [0.5, 0.6) is 0 Å². The molecule has 2 heterocycles. The van der Waals surface area contributed by atoms with E-state index >= 15 is 0 Å². The number of rotatable bonds is 5. The first kappa shape index (κ1) is 24.2. The second kappa shape index (κ2) is 7.23. The Hall–Kier alpha value is -0.810.